The highest BCUT2D eigenvalue weighted by Crippen LogP contribution is 2.09. The van der Waals surface area contributed by atoms with Gasteiger partial charge in [-0.3, -0.25) is 0 Å². The summed E-state index contributed by atoms with van der Waals surface area (Å²) in [5.74, 6) is 1.14. The number of rotatable bonds is 15. The molecular weight excluding hydrogens is 540 g/mol. The van der Waals surface area contributed by atoms with E-state index in [1.807, 2.05) is 54.4 Å². The van der Waals surface area contributed by atoms with Crippen molar-refractivity contribution in [3.63, 3.8) is 0 Å². The molecule has 0 bridgehead atoms. The highest BCUT2D eigenvalue weighted by molar-refractivity contribution is 6.74. The minimum absolute atomic E-state index is 0.177. The van der Waals surface area contributed by atoms with E-state index >= 15 is 0 Å². The highest BCUT2D eigenvalue weighted by Gasteiger charge is 2.13. The third kappa shape index (κ3) is 18.4. The van der Waals surface area contributed by atoms with Crippen molar-refractivity contribution in [2.24, 2.45) is 0 Å². The molecule has 236 valence electrons. The van der Waals surface area contributed by atoms with Crippen LogP contribution in [-0.2, 0) is 19.6 Å². The molecule has 4 heterocycles. The molecule has 0 atom stereocenters. The molecule has 9 nitrogen and oxygen atoms in total. The van der Waals surface area contributed by atoms with E-state index in [-0.39, 0.29) is 6.61 Å². The smallest absolute Gasteiger partial charge is 0.154 e. The lowest BCUT2D eigenvalue weighted by molar-refractivity contribution is 0.276. The molecule has 1 N–H and O–H groups in total. The molecule has 42 heavy (non-hydrogen) atoms. The minimum atomic E-state index is -1.13. The number of aryl methyl sites for hydroxylation is 3. The van der Waals surface area contributed by atoms with Gasteiger partial charge in [0, 0.05) is 69.2 Å². The van der Waals surface area contributed by atoms with Gasteiger partial charge in [-0.05, 0) is 19.8 Å². The summed E-state index contributed by atoms with van der Waals surface area (Å²) in [7, 11) is -1.13. The number of nitrogens with zero attached hydrogens (tertiary/aromatic N) is 8. The third-order valence-electron chi connectivity index (χ3n) is 6.70. The molecule has 10 heteroatoms. The lowest BCUT2D eigenvalue weighted by Gasteiger charge is -2.16. The summed E-state index contributed by atoms with van der Waals surface area (Å²) in [4.78, 5) is 15.9. The van der Waals surface area contributed by atoms with Crippen LogP contribution in [0.15, 0.2) is 68.6 Å². The van der Waals surface area contributed by atoms with Crippen LogP contribution in [0.3, 0.4) is 0 Å². The van der Waals surface area contributed by atoms with Gasteiger partial charge >= 0.3 is 0 Å². The first kappa shape index (κ1) is 37.0. The number of aliphatic hydroxyl groups is 1. The zero-order chi connectivity index (χ0) is 30.9. The van der Waals surface area contributed by atoms with Gasteiger partial charge in [-0.25, -0.2) is 19.9 Å². The van der Waals surface area contributed by atoms with Gasteiger partial charge < -0.3 is 23.0 Å². The van der Waals surface area contributed by atoms with E-state index in [9.17, 15) is 0 Å². The first-order chi connectivity index (χ1) is 20.3. The van der Waals surface area contributed by atoms with Crippen molar-refractivity contribution in [1.29, 1.82) is 0 Å². The van der Waals surface area contributed by atoms with Gasteiger partial charge in [0.2, 0.25) is 0 Å². The summed E-state index contributed by atoms with van der Waals surface area (Å²) in [5, 5.41) is 8.39. The zero-order valence-corrected chi connectivity index (χ0v) is 28.3. The van der Waals surface area contributed by atoms with Crippen LogP contribution in [-0.4, -0.2) is 57.8 Å². The Hall–Kier alpha value is -2.98. The molecule has 0 radical (unpaired) electrons. The van der Waals surface area contributed by atoms with Gasteiger partial charge in [0.1, 0.15) is 5.82 Å². The van der Waals surface area contributed by atoms with Crippen molar-refractivity contribution in [1.82, 2.24) is 37.9 Å². The molecule has 4 aromatic rings. The van der Waals surface area contributed by atoms with Crippen LogP contribution < -0.4 is 0 Å². The number of imidazole rings is 4. The largest absolute Gasteiger partial charge is 0.395 e. The van der Waals surface area contributed by atoms with Crippen LogP contribution in [0, 0.1) is 6.92 Å². The van der Waals surface area contributed by atoms with Crippen molar-refractivity contribution in [2.75, 3.05) is 6.61 Å². The van der Waals surface area contributed by atoms with Crippen LogP contribution in [0.4, 0.5) is 0 Å². The van der Waals surface area contributed by atoms with E-state index in [0.29, 0.717) is 6.54 Å². The molecule has 0 amide bonds. The zero-order valence-electron chi connectivity index (χ0n) is 27.3. The van der Waals surface area contributed by atoms with Gasteiger partial charge in [-0.15, -0.1) is 0 Å². The van der Waals surface area contributed by atoms with E-state index in [1.54, 1.807) is 12.5 Å². The minimum Gasteiger partial charge on any atom is -0.395 e. The fourth-order valence-corrected chi connectivity index (χ4v) is 4.93. The number of hydrogen-bond acceptors (Lipinski definition) is 5. The first-order valence-corrected chi connectivity index (χ1v) is 19.2. The van der Waals surface area contributed by atoms with Gasteiger partial charge in [0.05, 0.1) is 25.6 Å². The van der Waals surface area contributed by atoms with Crippen LogP contribution in [0.25, 0.3) is 0 Å². The standard InChI is InChI=1S/C14H26N2.C7H12N2.C6H12N2Si.C5H8N2O/c1-3-4-5-6-7-8-9-10-12-16-13-11-15-14(16)2;1-2-3-5-9-6-4-8-7-9;1-9(2,3)8-5-4-7-6-8;8-4-3-7-2-1-6-5-7/h11,13H,3-10,12H2,1-2H3;4,6-7H,2-3,5H2,1H3;4-6H,1-3H3;1-2,5,8H,3-4H2. The second kappa shape index (κ2) is 23.6. The quantitative estimate of drug-likeness (QED) is 0.113. The van der Waals surface area contributed by atoms with Crippen LogP contribution >= 0.6 is 0 Å². The molecule has 0 saturated carbocycles. The topological polar surface area (TPSA) is 91.5 Å². The summed E-state index contributed by atoms with van der Waals surface area (Å²) in [6, 6.07) is 0. The molecule has 0 aliphatic rings. The predicted octanol–water partition coefficient (Wildman–Crippen LogP) is 7.46. The Kier molecular flexibility index (Phi) is 20.8. The average molecular weight is 599 g/mol. The Morgan fingerprint density at radius 3 is 1.60 bits per heavy atom. The van der Waals surface area contributed by atoms with Crippen LogP contribution in [0.2, 0.25) is 19.6 Å². The van der Waals surface area contributed by atoms with Crippen molar-refractivity contribution in [3.8, 4) is 0 Å². The van der Waals surface area contributed by atoms with Crippen molar-refractivity contribution in [2.45, 2.75) is 124 Å². The van der Waals surface area contributed by atoms with E-state index in [2.05, 4.69) is 79.9 Å². The molecule has 0 unspecified atom stereocenters. The Morgan fingerprint density at radius 1 is 0.619 bits per heavy atom. The molecule has 0 spiro atoms. The lowest BCUT2D eigenvalue weighted by atomic mass is 10.1. The molecule has 4 rings (SSSR count). The lowest BCUT2D eigenvalue weighted by Crippen LogP contribution is -2.30. The Morgan fingerprint density at radius 2 is 1.17 bits per heavy atom. The van der Waals surface area contributed by atoms with Gasteiger partial charge in [0.15, 0.2) is 8.24 Å². The Labute approximate surface area is 256 Å². The van der Waals surface area contributed by atoms with Crippen molar-refractivity contribution >= 4 is 8.24 Å². The summed E-state index contributed by atoms with van der Waals surface area (Å²) >= 11 is 0. The van der Waals surface area contributed by atoms with E-state index in [1.165, 1.54) is 64.2 Å². The molecular formula is C32H58N8OSi. The summed E-state index contributed by atoms with van der Waals surface area (Å²) in [5.41, 5.74) is 0. The number of aliphatic hydroxyl groups excluding tert-OH is 1. The number of hydrogen-bond donors (Lipinski definition) is 1. The monoisotopic (exact) mass is 598 g/mol. The summed E-state index contributed by atoms with van der Waals surface area (Å²) < 4.78 is 8.38. The maximum absolute atomic E-state index is 8.39. The van der Waals surface area contributed by atoms with Crippen LogP contribution in [0.5, 0.6) is 0 Å². The van der Waals surface area contributed by atoms with Crippen molar-refractivity contribution in [3.05, 3.63) is 74.4 Å². The summed E-state index contributed by atoms with van der Waals surface area (Å²) in [6.45, 7) is 16.5. The number of unbranched alkanes of at least 4 members (excludes halogenated alkanes) is 8. The molecule has 4 aromatic heterocycles. The molecule has 0 aliphatic heterocycles. The maximum atomic E-state index is 8.39. The molecule has 0 fully saturated rings. The second-order valence-electron chi connectivity index (χ2n) is 11.5. The van der Waals surface area contributed by atoms with E-state index in [0.717, 1.165) is 18.9 Å². The van der Waals surface area contributed by atoms with E-state index < -0.39 is 8.24 Å². The van der Waals surface area contributed by atoms with Crippen LogP contribution in [0.1, 0.15) is 83.9 Å². The molecule has 0 saturated heterocycles. The number of aromatic nitrogens is 8. The van der Waals surface area contributed by atoms with Gasteiger partial charge in [0.25, 0.3) is 0 Å². The van der Waals surface area contributed by atoms with Gasteiger partial charge in [-0.2, -0.15) is 0 Å². The fourth-order valence-electron chi connectivity index (χ4n) is 4.01. The summed E-state index contributed by atoms with van der Waals surface area (Å²) in [6.07, 6.45) is 34.2. The Bertz CT molecular complexity index is 1070. The fraction of sp³-hybridized carbons (Fsp3) is 0.625. The Balaban J connectivity index is 0.000000293. The van der Waals surface area contributed by atoms with Gasteiger partial charge in [-0.1, -0.05) is 84.9 Å². The second-order valence-corrected chi connectivity index (χ2v) is 16.3. The van der Waals surface area contributed by atoms with Crippen molar-refractivity contribution < 1.29 is 5.11 Å². The normalized spacial score (nSPS) is 10.6. The molecule has 0 aliphatic carbocycles. The first-order valence-electron chi connectivity index (χ1n) is 15.8. The SMILES string of the molecule is CCCCCCCCCCn1ccnc1C.CCCCn1ccnc1.C[Si](C)(C)n1ccnc1.OCCn1ccnc1. The average Bonchev–Trinajstić information content (AvgIpc) is 3.80. The maximum Gasteiger partial charge on any atom is 0.154 e. The molecule has 0 aromatic carbocycles. The predicted molar refractivity (Wildman–Crippen MR) is 177 cm³/mol. The van der Waals surface area contributed by atoms with E-state index in [4.69, 9.17) is 5.11 Å². The third-order valence-corrected chi connectivity index (χ3v) is 8.52. The highest BCUT2D eigenvalue weighted by atomic mass is 28.3.